The van der Waals surface area contributed by atoms with E-state index in [1.807, 2.05) is 53.1 Å². The number of benzene rings is 2. The van der Waals surface area contributed by atoms with Gasteiger partial charge >= 0.3 is 0 Å². The molecule has 2 aromatic carbocycles. The number of ether oxygens (including phenoxy) is 2. The monoisotopic (exact) mass is 410 g/mol. The SMILES string of the molecule is COc1ccc(-c2nc(CSc3nncn3-c3cccc(OC)c3)cs2)cc1. The molecule has 0 bridgehead atoms. The first kappa shape index (κ1) is 18.5. The van der Waals surface area contributed by atoms with Gasteiger partial charge in [-0.25, -0.2) is 4.98 Å². The molecule has 8 heteroatoms. The molecule has 0 N–H and O–H groups in total. The third-order valence-corrected chi connectivity index (χ3v) is 6.00. The minimum atomic E-state index is 0.718. The third kappa shape index (κ3) is 4.02. The van der Waals surface area contributed by atoms with Crippen molar-refractivity contribution in [3.63, 3.8) is 0 Å². The van der Waals surface area contributed by atoms with Crippen molar-refractivity contribution in [1.29, 1.82) is 0 Å². The molecular formula is C20H18N4O2S2. The number of thiazole rings is 1. The molecule has 0 radical (unpaired) electrons. The van der Waals surface area contributed by atoms with Crippen LogP contribution in [0.1, 0.15) is 5.69 Å². The van der Waals surface area contributed by atoms with Crippen molar-refractivity contribution in [2.45, 2.75) is 10.9 Å². The molecule has 28 heavy (non-hydrogen) atoms. The first-order valence-electron chi connectivity index (χ1n) is 8.53. The third-order valence-electron chi connectivity index (χ3n) is 4.09. The lowest BCUT2D eigenvalue weighted by Gasteiger charge is -2.07. The first-order chi connectivity index (χ1) is 13.8. The van der Waals surface area contributed by atoms with Crippen molar-refractivity contribution in [2.24, 2.45) is 0 Å². The summed E-state index contributed by atoms with van der Waals surface area (Å²) >= 11 is 3.24. The minimum absolute atomic E-state index is 0.718. The number of methoxy groups -OCH3 is 2. The van der Waals surface area contributed by atoms with Gasteiger partial charge in [0.1, 0.15) is 22.8 Å². The van der Waals surface area contributed by atoms with Crippen molar-refractivity contribution in [3.05, 3.63) is 65.9 Å². The van der Waals surface area contributed by atoms with Gasteiger partial charge < -0.3 is 9.47 Å². The highest BCUT2D eigenvalue weighted by Gasteiger charge is 2.11. The highest BCUT2D eigenvalue weighted by atomic mass is 32.2. The van der Waals surface area contributed by atoms with Gasteiger partial charge in [-0.3, -0.25) is 4.57 Å². The maximum absolute atomic E-state index is 5.30. The van der Waals surface area contributed by atoms with E-state index >= 15 is 0 Å². The van der Waals surface area contributed by atoms with E-state index in [2.05, 4.69) is 15.6 Å². The van der Waals surface area contributed by atoms with Crippen LogP contribution in [0, 0.1) is 0 Å². The summed E-state index contributed by atoms with van der Waals surface area (Å²) in [6.07, 6.45) is 1.71. The highest BCUT2D eigenvalue weighted by molar-refractivity contribution is 7.98. The van der Waals surface area contributed by atoms with E-state index in [9.17, 15) is 0 Å². The summed E-state index contributed by atoms with van der Waals surface area (Å²) in [7, 11) is 3.32. The molecule has 2 heterocycles. The van der Waals surface area contributed by atoms with Crippen molar-refractivity contribution in [2.75, 3.05) is 14.2 Å². The van der Waals surface area contributed by atoms with Crippen LogP contribution < -0.4 is 9.47 Å². The Morgan fingerprint density at radius 3 is 2.64 bits per heavy atom. The normalized spacial score (nSPS) is 10.8. The van der Waals surface area contributed by atoms with Crippen molar-refractivity contribution in [3.8, 4) is 27.8 Å². The number of thioether (sulfide) groups is 1. The summed E-state index contributed by atoms with van der Waals surface area (Å²) in [4.78, 5) is 4.74. The highest BCUT2D eigenvalue weighted by Crippen LogP contribution is 2.29. The fourth-order valence-corrected chi connectivity index (χ4v) is 4.39. The molecule has 0 saturated carbocycles. The number of hydrogen-bond donors (Lipinski definition) is 0. The zero-order chi connectivity index (χ0) is 19.3. The van der Waals surface area contributed by atoms with Crippen LogP contribution in [0.25, 0.3) is 16.3 Å². The van der Waals surface area contributed by atoms with Crippen LogP contribution in [-0.2, 0) is 5.75 Å². The van der Waals surface area contributed by atoms with Crippen LogP contribution in [0.5, 0.6) is 11.5 Å². The standard InChI is InChI=1S/C20H18N4O2S2/c1-25-17-8-6-14(7-9-17)19-22-15(11-27-19)12-28-20-23-21-13-24(20)16-4-3-5-18(10-16)26-2/h3-11,13H,12H2,1-2H3. The summed E-state index contributed by atoms with van der Waals surface area (Å²) in [5.74, 6) is 2.36. The van der Waals surface area contributed by atoms with Gasteiger partial charge in [0.25, 0.3) is 0 Å². The quantitative estimate of drug-likeness (QED) is 0.412. The Kier molecular flexibility index (Phi) is 5.59. The van der Waals surface area contributed by atoms with Crippen LogP contribution in [0.3, 0.4) is 0 Å². The van der Waals surface area contributed by atoms with E-state index in [0.29, 0.717) is 0 Å². The number of hydrogen-bond acceptors (Lipinski definition) is 7. The van der Waals surface area contributed by atoms with Gasteiger partial charge in [-0.2, -0.15) is 0 Å². The molecule has 0 fully saturated rings. The summed E-state index contributed by atoms with van der Waals surface area (Å²) in [5, 5.41) is 12.2. The summed E-state index contributed by atoms with van der Waals surface area (Å²) in [5.41, 5.74) is 3.06. The molecule has 0 spiro atoms. The van der Waals surface area contributed by atoms with E-state index in [-0.39, 0.29) is 0 Å². The largest absolute Gasteiger partial charge is 0.497 e. The lowest BCUT2D eigenvalue weighted by molar-refractivity contribution is 0.414. The van der Waals surface area contributed by atoms with Crippen LogP contribution >= 0.6 is 23.1 Å². The second-order valence-electron chi connectivity index (χ2n) is 5.85. The van der Waals surface area contributed by atoms with E-state index < -0.39 is 0 Å². The molecule has 0 aliphatic carbocycles. The van der Waals surface area contributed by atoms with Gasteiger partial charge in [-0.1, -0.05) is 17.8 Å². The van der Waals surface area contributed by atoms with Gasteiger partial charge in [-0.15, -0.1) is 21.5 Å². The molecule has 4 aromatic rings. The Hall–Kier alpha value is -2.84. The van der Waals surface area contributed by atoms with Crippen molar-refractivity contribution >= 4 is 23.1 Å². The number of aromatic nitrogens is 4. The van der Waals surface area contributed by atoms with Gasteiger partial charge in [0.05, 0.1) is 25.6 Å². The van der Waals surface area contributed by atoms with Crippen LogP contribution in [0.4, 0.5) is 0 Å². The van der Waals surface area contributed by atoms with Crippen LogP contribution in [0.15, 0.2) is 65.4 Å². The van der Waals surface area contributed by atoms with E-state index in [1.165, 1.54) is 0 Å². The molecule has 0 amide bonds. The number of rotatable bonds is 7. The minimum Gasteiger partial charge on any atom is -0.497 e. The fraction of sp³-hybridized carbons (Fsp3) is 0.150. The first-order valence-corrected chi connectivity index (χ1v) is 10.4. The average molecular weight is 411 g/mol. The molecule has 0 saturated heterocycles. The van der Waals surface area contributed by atoms with Gasteiger partial charge in [-0.05, 0) is 36.4 Å². The summed E-state index contributed by atoms with van der Waals surface area (Å²) in [6.45, 7) is 0. The maximum atomic E-state index is 5.30. The zero-order valence-corrected chi connectivity index (χ0v) is 17.0. The molecule has 2 aromatic heterocycles. The molecule has 0 atom stereocenters. The Labute approximate surface area is 171 Å². The second-order valence-corrected chi connectivity index (χ2v) is 7.65. The molecule has 6 nitrogen and oxygen atoms in total. The van der Waals surface area contributed by atoms with Gasteiger partial charge in [0, 0.05) is 22.8 Å². The lowest BCUT2D eigenvalue weighted by atomic mass is 10.2. The topological polar surface area (TPSA) is 62.1 Å². The van der Waals surface area contributed by atoms with E-state index in [0.717, 1.165) is 44.4 Å². The average Bonchev–Trinajstić information content (AvgIpc) is 3.42. The molecule has 0 aliphatic rings. The Morgan fingerprint density at radius 2 is 1.86 bits per heavy atom. The second kappa shape index (κ2) is 8.45. The molecule has 4 rings (SSSR count). The van der Waals surface area contributed by atoms with Crippen molar-refractivity contribution in [1.82, 2.24) is 19.7 Å². The molecular weight excluding hydrogens is 392 g/mol. The zero-order valence-electron chi connectivity index (χ0n) is 15.4. The van der Waals surface area contributed by atoms with Crippen LogP contribution in [-0.4, -0.2) is 34.0 Å². The Bertz CT molecular complexity index is 1060. The van der Waals surface area contributed by atoms with E-state index in [4.69, 9.17) is 14.5 Å². The molecule has 0 unspecified atom stereocenters. The fourth-order valence-electron chi connectivity index (χ4n) is 2.64. The smallest absolute Gasteiger partial charge is 0.195 e. The van der Waals surface area contributed by atoms with Gasteiger partial charge in [0.2, 0.25) is 0 Å². The Morgan fingerprint density at radius 1 is 1.04 bits per heavy atom. The molecule has 0 aliphatic heterocycles. The van der Waals surface area contributed by atoms with Crippen LogP contribution in [0.2, 0.25) is 0 Å². The number of nitrogens with zero attached hydrogens (tertiary/aromatic N) is 4. The summed E-state index contributed by atoms with van der Waals surface area (Å²) in [6, 6.07) is 15.8. The van der Waals surface area contributed by atoms with E-state index in [1.54, 1.807) is 43.6 Å². The predicted molar refractivity (Wildman–Crippen MR) is 112 cm³/mol. The summed E-state index contributed by atoms with van der Waals surface area (Å²) < 4.78 is 12.5. The predicted octanol–water partition coefficient (Wildman–Crippen LogP) is 4.70. The maximum Gasteiger partial charge on any atom is 0.195 e. The lowest BCUT2D eigenvalue weighted by Crippen LogP contribution is -1.96. The molecule has 142 valence electrons. The van der Waals surface area contributed by atoms with Crippen molar-refractivity contribution < 1.29 is 9.47 Å². The Balaban J connectivity index is 1.47. The van der Waals surface area contributed by atoms with Gasteiger partial charge in [0.15, 0.2) is 5.16 Å².